The molecule has 0 spiro atoms. The number of hydrogen-bond acceptors (Lipinski definition) is 2. The topological polar surface area (TPSA) is 26.0 Å². The summed E-state index contributed by atoms with van der Waals surface area (Å²) >= 11 is 1.70. The van der Waals surface area contributed by atoms with Gasteiger partial charge in [-0.05, 0) is 55.0 Å². The lowest BCUT2D eigenvalue weighted by Gasteiger charge is -2.25. The van der Waals surface area contributed by atoms with Crippen LogP contribution >= 0.6 is 11.3 Å². The van der Waals surface area contributed by atoms with E-state index in [4.69, 9.17) is 5.73 Å². The Kier molecular flexibility index (Phi) is 3.31. The molecule has 0 radical (unpaired) electrons. The molecule has 0 amide bonds. The number of benzene rings is 1. The van der Waals surface area contributed by atoms with Gasteiger partial charge in [-0.15, -0.1) is 11.3 Å². The highest BCUT2D eigenvalue weighted by Crippen LogP contribution is 2.28. The SMILES string of the molecule is Cc1sccc1C(C)(N)Cc1ccc(F)cc1. The van der Waals surface area contributed by atoms with Gasteiger partial charge in [0.05, 0.1) is 0 Å². The minimum absolute atomic E-state index is 0.209. The van der Waals surface area contributed by atoms with E-state index < -0.39 is 5.54 Å². The first-order valence-electron chi connectivity index (χ1n) is 5.57. The molecule has 2 aromatic rings. The Bertz CT molecular complexity index is 499. The number of hydrogen-bond donors (Lipinski definition) is 1. The maximum absolute atomic E-state index is 12.8. The highest BCUT2D eigenvalue weighted by atomic mass is 32.1. The molecule has 2 rings (SSSR count). The van der Waals surface area contributed by atoms with Crippen molar-refractivity contribution >= 4 is 11.3 Å². The summed E-state index contributed by atoms with van der Waals surface area (Å²) in [6, 6.07) is 8.62. The molecule has 17 heavy (non-hydrogen) atoms. The monoisotopic (exact) mass is 249 g/mol. The predicted molar refractivity (Wildman–Crippen MR) is 70.7 cm³/mol. The van der Waals surface area contributed by atoms with Gasteiger partial charge in [0.15, 0.2) is 0 Å². The molecular formula is C14H16FNS. The summed E-state index contributed by atoms with van der Waals surface area (Å²) in [4.78, 5) is 1.25. The van der Waals surface area contributed by atoms with Crippen molar-refractivity contribution in [2.24, 2.45) is 5.73 Å². The molecule has 90 valence electrons. The van der Waals surface area contributed by atoms with E-state index in [1.54, 1.807) is 23.5 Å². The van der Waals surface area contributed by atoms with E-state index in [0.29, 0.717) is 6.42 Å². The Labute approximate surface area is 105 Å². The Morgan fingerprint density at radius 1 is 1.24 bits per heavy atom. The number of rotatable bonds is 3. The van der Waals surface area contributed by atoms with Gasteiger partial charge < -0.3 is 5.73 Å². The van der Waals surface area contributed by atoms with Gasteiger partial charge in [-0.2, -0.15) is 0 Å². The maximum Gasteiger partial charge on any atom is 0.123 e. The third kappa shape index (κ3) is 2.73. The summed E-state index contributed by atoms with van der Waals surface area (Å²) in [6.45, 7) is 4.10. The van der Waals surface area contributed by atoms with Crippen molar-refractivity contribution in [3.05, 3.63) is 57.5 Å². The van der Waals surface area contributed by atoms with Crippen LogP contribution in [0.4, 0.5) is 4.39 Å². The van der Waals surface area contributed by atoms with Crippen molar-refractivity contribution in [3.8, 4) is 0 Å². The lowest BCUT2D eigenvalue weighted by molar-refractivity contribution is 0.490. The van der Waals surface area contributed by atoms with Crippen LogP contribution in [0.15, 0.2) is 35.7 Å². The molecule has 1 nitrogen and oxygen atoms in total. The van der Waals surface area contributed by atoms with Crippen molar-refractivity contribution in [1.29, 1.82) is 0 Å². The normalized spacial score (nSPS) is 14.6. The van der Waals surface area contributed by atoms with Gasteiger partial charge in [0.2, 0.25) is 0 Å². The first-order valence-corrected chi connectivity index (χ1v) is 6.45. The van der Waals surface area contributed by atoms with Crippen LogP contribution in [0.5, 0.6) is 0 Å². The zero-order valence-corrected chi connectivity index (χ0v) is 10.9. The quantitative estimate of drug-likeness (QED) is 0.883. The van der Waals surface area contributed by atoms with Crippen molar-refractivity contribution < 1.29 is 4.39 Å². The molecule has 3 heteroatoms. The third-order valence-electron chi connectivity index (χ3n) is 2.96. The highest BCUT2D eigenvalue weighted by Gasteiger charge is 2.24. The van der Waals surface area contributed by atoms with Gasteiger partial charge >= 0.3 is 0 Å². The van der Waals surface area contributed by atoms with Crippen LogP contribution in [0, 0.1) is 12.7 Å². The summed E-state index contributed by atoms with van der Waals surface area (Å²) in [5.41, 5.74) is 8.20. The third-order valence-corrected chi connectivity index (χ3v) is 3.80. The number of aryl methyl sites for hydroxylation is 1. The minimum atomic E-state index is -0.401. The zero-order valence-electron chi connectivity index (χ0n) is 10.0. The second-order valence-corrected chi connectivity index (χ2v) is 5.73. The van der Waals surface area contributed by atoms with Crippen molar-refractivity contribution in [2.45, 2.75) is 25.8 Å². The fourth-order valence-electron chi connectivity index (χ4n) is 2.10. The van der Waals surface area contributed by atoms with Crippen molar-refractivity contribution in [1.82, 2.24) is 0 Å². The first-order chi connectivity index (χ1) is 7.99. The highest BCUT2D eigenvalue weighted by molar-refractivity contribution is 7.10. The smallest absolute Gasteiger partial charge is 0.123 e. The molecule has 0 saturated carbocycles. The van der Waals surface area contributed by atoms with Crippen LogP contribution in [0.25, 0.3) is 0 Å². The summed E-state index contributed by atoms with van der Waals surface area (Å²) in [6.07, 6.45) is 0.713. The van der Waals surface area contributed by atoms with Crippen LogP contribution in [0.1, 0.15) is 22.9 Å². The molecule has 0 aliphatic heterocycles. The standard InChI is InChI=1S/C14H16FNS/c1-10-13(7-8-17-10)14(2,16)9-11-3-5-12(15)6-4-11/h3-8H,9,16H2,1-2H3. The summed E-state index contributed by atoms with van der Waals surface area (Å²) in [5, 5.41) is 2.06. The molecule has 0 bridgehead atoms. The Morgan fingerprint density at radius 3 is 2.41 bits per heavy atom. The van der Waals surface area contributed by atoms with Gasteiger partial charge in [-0.25, -0.2) is 4.39 Å². The second-order valence-electron chi connectivity index (χ2n) is 4.61. The fraction of sp³-hybridized carbons (Fsp3) is 0.286. The van der Waals surface area contributed by atoms with E-state index in [2.05, 4.69) is 18.4 Å². The minimum Gasteiger partial charge on any atom is -0.321 e. The van der Waals surface area contributed by atoms with E-state index >= 15 is 0 Å². The molecule has 1 aromatic carbocycles. The molecular weight excluding hydrogens is 233 g/mol. The van der Waals surface area contributed by atoms with Crippen LogP contribution < -0.4 is 5.73 Å². The van der Waals surface area contributed by atoms with Gasteiger partial charge in [-0.1, -0.05) is 12.1 Å². The van der Waals surface area contributed by atoms with E-state index in [-0.39, 0.29) is 5.82 Å². The average molecular weight is 249 g/mol. The number of nitrogens with two attached hydrogens (primary N) is 1. The molecule has 1 atom stereocenters. The van der Waals surface area contributed by atoms with Crippen molar-refractivity contribution in [2.75, 3.05) is 0 Å². The Balaban J connectivity index is 2.23. The molecule has 0 aliphatic carbocycles. The van der Waals surface area contributed by atoms with Crippen LogP contribution in [0.3, 0.4) is 0 Å². The van der Waals surface area contributed by atoms with Gasteiger partial charge in [0, 0.05) is 10.4 Å². The zero-order chi connectivity index (χ0) is 12.5. The fourth-order valence-corrected chi connectivity index (χ4v) is 2.94. The lowest BCUT2D eigenvalue weighted by atomic mass is 9.87. The predicted octanol–water partition coefficient (Wildman–Crippen LogP) is 3.61. The number of halogens is 1. The molecule has 1 unspecified atom stereocenters. The molecule has 0 aliphatic rings. The van der Waals surface area contributed by atoms with Gasteiger partial charge in [0.25, 0.3) is 0 Å². The van der Waals surface area contributed by atoms with Crippen LogP contribution in [-0.2, 0) is 12.0 Å². The lowest BCUT2D eigenvalue weighted by Crippen LogP contribution is -2.35. The Morgan fingerprint density at radius 2 is 1.88 bits per heavy atom. The van der Waals surface area contributed by atoms with E-state index in [1.165, 1.54) is 22.6 Å². The van der Waals surface area contributed by atoms with Gasteiger partial charge in [-0.3, -0.25) is 0 Å². The molecule has 0 saturated heterocycles. The summed E-state index contributed by atoms with van der Waals surface area (Å²) in [5.74, 6) is -0.209. The Hall–Kier alpha value is -1.19. The van der Waals surface area contributed by atoms with E-state index in [9.17, 15) is 4.39 Å². The van der Waals surface area contributed by atoms with E-state index in [0.717, 1.165) is 5.56 Å². The largest absolute Gasteiger partial charge is 0.321 e. The van der Waals surface area contributed by atoms with E-state index in [1.807, 2.05) is 6.92 Å². The number of thiophene rings is 1. The molecule has 1 heterocycles. The molecule has 1 aromatic heterocycles. The second kappa shape index (κ2) is 4.59. The average Bonchev–Trinajstić information content (AvgIpc) is 2.68. The molecule has 0 fully saturated rings. The maximum atomic E-state index is 12.8. The van der Waals surface area contributed by atoms with Gasteiger partial charge in [0.1, 0.15) is 5.82 Å². The summed E-state index contributed by atoms with van der Waals surface area (Å²) < 4.78 is 12.8. The van der Waals surface area contributed by atoms with Crippen LogP contribution in [0.2, 0.25) is 0 Å². The van der Waals surface area contributed by atoms with Crippen LogP contribution in [-0.4, -0.2) is 0 Å². The van der Waals surface area contributed by atoms with Crippen molar-refractivity contribution in [3.63, 3.8) is 0 Å². The summed E-state index contributed by atoms with van der Waals surface area (Å²) in [7, 11) is 0. The molecule has 2 N–H and O–H groups in total. The first kappa shape index (κ1) is 12.3.